The SMILES string of the molecule is CC1=Cc2c(F)c(OC3=C(C#N)C(Nc4ccc(N5CCN(C)CC5)c(C(F)(F)F)c4)=NC=CC[C@H]3C)cc(F)c2C2C[C@@H]1N2. The van der Waals surface area contributed by atoms with E-state index in [0.717, 1.165) is 17.7 Å². The third-order valence-corrected chi connectivity index (χ3v) is 8.87. The molecular formula is C33H33F5N6O. The van der Waals surface area contributed by atoms with Crippen LogP contribution in [-0.4, -0.2) is 50.0 Å². The van der Waals surface area contributed by atoms with Crippen molar-refractivity contribution in [2.45, 2.75) is 44.9 Å². The van der Waals surface area contributed by atoms with E-state index >= 15 is 8.78 Å². The van der Waals surface area contributed by atoms with Gasteiger partial charge in [-0.25, -0.2) is 13.8 Å². The average molecular weight is 625 g/mol. The first-order valence-electron chi connectivity index (χ1n) is 14.9. The Kier molecular flexibility index (Phi) is 8.18. The molecule has 1 unspecified atom stereocenters. The number of hydrogen-bond donors (Lipinski definition) is 2. The quantitative estimate of drug-likeness (QED) is 0.366. The van der Waals surface area contributed by atoms with Crippen LogP contribution in [0.15, 0.2) is 58.4 Å². The molecule has 2 aromatic carbocycles. The summed E-state index contributed by atoms with van der Waals surface area (Å²) in [4.78, 5) is 8.06. The van der Waals surface area contributed by atoms with Crippen LogP contribution in [0.5, 0.6) is 5.75 Å². The number of rotatable bonds is 4. The van der Waals surface area contributed by atoms with E-state index in [-0.39, 0.29) is 57.5 Å². The molecule has 4 aliphatic heterocycles. The summed E-state index contributed by atoms with van der Waals surface area (Å²) >= 11 is 0. The largest absolute Gasteiger partial charge is 0.457 e. The molecule has 2 fully saturated rings. The van der Waals surface area contributed by atoms with Crippen LogP contribution in [0.3, 0.4) is 0 Å². The fraction of sp³-hybridized carbons (Fsp3) is 0.394. The summed E-state index contributed by atoms with van der Waals surface area (Å²) in [7, 11) is 1.92. The van der Waals surface area contributed by atoms with Crippen molar-refractivity contribution in [1.82, 2.24) is 10.2 Å². The lowest BCUT2D eigenvalue weighted by Gasteiger charge is -2.36. The standard InChI is InChI=1S/C33H33F5N6O/c1-18-5-4-8-40-32(41-20-6-7-27(23(14-20)33(36,37)38)44-11-9-43(3)10-12-44)22(17-39)31(18)45-28-15-24(34)29-21(30(28)35)13-19(2)25-16-26(29)42-25/h4,6-8,13-15,18,25-26,42H,5,9-12,16H2,1-3H3,(H,40,41)/t18-,25+,26?/m1/s1. The van der Waals surface area contributed by atoms with Gasteiger partial charge >= 0.3 is 6.18 Å². The lowest BCUT2D eigenvalue weighted by molar-refractivity contribution is -0.137. The van der Waals surface area contributed by atoms with Gasteiger partial charge < -0.3 is 25.2 Å². The van der Waals surface area contributed by atoms with Crippen LogP contribution in [0.25, 0.3) is 6.08 Å². The zero-order valence-corrected chi connectivity index (χ0v) is 25.1. The number of allylic oxidation sites excluding steroid dienone is 2. The molecular weight excluding hydrogens is 591 g/mol. The number of anilines is 2. The first-order chi connectivity index (χ1) is 21.4. The molecule has 0 aromatic heterocycles. The van der Waals surface area contributed by atoms with Crippen LogP contribution < -0.4 is 20.3 Å². The number of likely N-dealkylation sites (N-methyl/N-ethyl adjacent to an activating group) is 1. The first-order valence-corrected chi connectivity index (χ1v) is 14.9. The minimum Gasteiger partial charge on any atom is -0.457 e. The number of aliphatic imine (C=N–C) groups is 1. The number of alkyl halides is 3. The highest BCUT2D eigenvalue weighted by molar-refractivity contribution is 6.11. The fourth-order valence-corrected chi connectivity index (χ4v) is 6.21. The van der Waals surface area contributed by atoms with Crippen LogP contribution in [0.2, 0.25) is 0 Å². The van der Waals surface area contributed by atoms with E-state index in [1.165, 1.54) is 18.3 Å². The number of nitriles is 1. The molecule has 2 saturated heterocycles. The van der Waals surface area contributed by atoms with Gasteiger partial charge in [0.05, 0.1) is 5.56 Å². The average Bonchev–Trinajstić information content (AvgIpc) is 3.21. The minimum absolute atomic E-state index is 0.0215. The summed E-state index contributed by atoms with van der Waals surface area (Å²) < 4.78 is 80.1. The third-order valence-electron chi connectivity index (χ3n) is 8.87. The van der Waals surface area contributed by atoms with Gasteiger partial charge in [0.2, 0.25) is 0 Å². The Bertz CT molecular complexity index is 1670. The molecule has 12 heteroatoms. The van der Waals surface area contributed by atoms with Crippen molar-refractivity contribution in [1.29, 1.82) is 5.26 Å². The van der Waals surface area contributed by atoms with E-state index in [9.17, 15) is 18.4 Å². The van der Waals surface area contributed by atoms with Crippen molar-refractivity contribution < 1.29 is 26.7 Å². The van der Waals surface area contributed by atoms with Gasteiger partial charge in [-0.1, -0.05) is 24.6 Å². The Balaban J connectivity index is 1.36. The van der Waals surface area contributed by atoms with Gasteiger partial charge in [-0.3, -0.25) is 0 Å². The van der Waals surface area contributed by atoms with Crippen LogP contribution in [0.4, 0.5) is 33.3 Å². The number of amidine groups is 1. The van der Waals surface area contributed by atoms with Gasteiger partial charge in [-0.05, 0) is 45.0 Å². The minimum atomic E-state index is -4.63. The lowest BCUT2D eigenvalue weighted by atomic mass is 9.89. The summed E-state index contributed by atoms with van der Waals surface area (Å²) in [6.07, 6.45) is 1.18. The maximum Gasteiger partial charge on any atom is 0.418 e. The molecule has 1 aliphatic carbocycles. The second-order valence-corrected chi connectivity index (χ2v) is 12.0. The van der Waals surface area contributed by atoms with Gasteiger partial charge in [-0.15, -0.1) is 0 Å². The molecule has 4 heterocycles. The molecule has 3 atom stereocenters. The third kappa shape index (κ3) is 5.94. The Labute approximate surface area is 258 Å². The van der Waals surface area contributed by atoms with Crippen LogP contribution in [0.1, 0.15) is 49.4 Å². The van der Waals surface area contributed by atoms with Crippen molar-refractivity contribution in [3.8, 4) is 11.8 Å². The molecule has 7 rings (SSSR count). The van der Waals surface area contributed by atoms with Gasteiger partial charge in [0.25, 0.3) is 0 Å². The molecule has 7 nitrogen and oxygen atoms in total. The van der Waals surface area contributed by atoms with Crippen LogP contribution >= 0.6 is 0 Å². The summed E-state index contributed by atoms with van der Waals surface area (Å²) in [5.74, 6) is -2.30. The van der Waals surface area contributed by atoms with E-state index in [1.54, 1.807) is 24.0 Å². The molecule has 236 valence electrons. The Morgan fingerprint density at radius 2 is 1.84 bits per heavy atom. The van der Waals surface area contributed by atoms with Gasteiger partial charge in [-0.2, -0.15) is 18.4 Å². The molecule has 0 saturated carbocycles. The van der Waals surface area contributed by atoms with Crippen LogP contribution in [0, 0.1) is 28.9 Å². The van der Waals surface area contributed by atoms with E-state index in [1.807, 2.05) is 20.0 Å². The highest BCUT2D eigenvalue weighted by Gasteiger charge is 2.39. The molecule has 5 aliphatic rings. The molecule has 45 heavy (non-hydrogen) atoms. The normalized spacial score (nSPS) is 23.5. The number of nitrogens with one attached hydrogen (secondary N) is 2. The van der Waals surface area contributed by atoms with Crippen molar-refractivity contribution in [2.75, 3.05) is 43.4 Å². The van der Waals surface area contributed by atoms with Crippen molar-refractivity contribution in [3.63, 3.8) is 0 Å². The zero-order valence-electron chi connectivity index (χ0n) is 25.1. The monoisotopic (exact) mass is 624 g/mol. The maximum absolute atomic E-state index is 15.9. The van der Waals surface area contributed by atoms with Crippen molar-refractivity contribution in [2.24, 2.45) is 10.9 Å². The molecule has 0 radical (unpaired) electrons. The number of halogens is 5. The number of piperazine rings is 1. The Morgan fingerprint density at radius 1 is 1.11 bits per heavy atom. The Morgan fingerprint density at radius 3 is 2.53 bits per heavy atom. The number of benzene rings is 2. The maximum atomic E-state index is 15.9. The predicted molar refractivity (Wildman–Crippen MR) is 163 cm³/mol. The summed E-state index contributed by atoms with van der Waals surface area (Å²) in [6, 6.07) is 6.67. The number of hydrogen-bond acceptors (Lipinski definition) is 7. The molecule has 2 bridgehead atoms. The Hall–Kier alpha value is -4.21. The van der Waals surface area contributed by atoms with E-state index in [0.29, 0.717) is 39.0 Å². The van der Waals surface area contributed by atoms with E-state index in [2.05, 4.69) is 20.5 Å². The van der Waals surface area contributed by atoms with Gasteiger partial charge in [0.1, 0.15) is 23.2 Å². The summed E-state index contributed by atoms with van der Waals surface area (Å²) in [5, 5.41) is 16.4. The van der Waals surface area contributed by atoms with Gasteiger partial charge in [0, 0.05) is 78.9 Å². The smallest absolute Gasteiger partial charge is 0.418 e. The molecule has 0 amide bonds. The topological polar surface area (TPSA) is 75.9 Å². The van der Waals surface area contributed by atoms with Crippen LogP contribution in [-0.2, 0) is 6.18 Å². The predicted octanol–water partition coefficient (Wildman–Crippen LogP) is 6.78. The number of ether oxygens (including phenoxy) is 1. The van der Waals surface area contributed by atoms with Gasteiger partial charge in [0.15, 0.2) is 17.4 Å². The fourth-order valence-electron chi connectivity index (χ4n) is 6.21. The highest BCUT2D eigenvalue weighted by atomic mass is 19.4. The van der Waals surface area contributed by atoms with Crippen molar-refractivity contribution in [3.05, 3.63) is 81.8 Å². The molecule has 2 aromatic rings. The highest BCUT2D eigenvalue weighted by Crippen LogP contribution is 2.43. The molecule has 2 N–H and O–H groups in total. The molecule has 0 spiro atoms. The second kappa shape index (κ2) is 11.9. The van der Waals surface area contributed by atoms with E-state index in [4.69, 9.17) is 4.74 Å². The lowest BCUT2D eigenvalue weighted by Crippen LogP contribution is -2.46. The van der Waals surface area contributed by atoms with E-state index < -0.39 is 29.3 Å². The summed E-state index contributed by atoms with van der Waals surface area (Å²) in [5.41, 5.74) is 0.398. The first kappa shape index (κ1) is 30.8. The second-order valence-electron chi connectivity index (χ2n) is 12.0. The number of nitrogens with zero attached hydrogens (tertiary/aromatic N) is 4. The zero-order chi connectivity index (χ0) is 32.0. The summed E-state index contributed by atoms with van der Waals surface area (Å²) in [6.45, 7) is 5.80. The van der Waals surface area contributed by atoms with Crippen molar-refractivity contribution >= 4 is 23.3 Å².